The molecule has 4 nitrogen and oxygen atoms in total. The number of halogens is 1. The second-order valence-corrected chi connectivity index (χ2v) is 5.69. The molecule has 0 aromatic heterocycles. The molecule has 1 aromatic carbocycles. The molecule has 0 aliphatic rings. The molecule has 128 valence electrons. The van der Waals surface area contributed by atoms with Gasteiger partial charge < -0.3 is 10.2 Å². The highest BCUT2D eigenvalue weighted by atomic mass is 19.1. The lowest BCUT2D eigenvalue weighted by Gasteiger charge is -2.21. The first-order chi connectivity index (χ1) is 11.0. The molecule has 0 radical (unpaired) electrons. The number of carbonyl (C=O) groups excluding carboxylic acids is 2. The van der Waals surface area contributed by atoms with Crippen molar-refractivity contribution in [1.29, 1.82) is 0 Å². The van der Waals surface area contributed by atoms with Crippen LogP contribution in [0, 0.1) is 5.82 Å². The van der Waals surface area contributed by atoms with Gasteiger partial charge in [-0.15, -0.1) is 0 Å². The average molecular weight is 322 g/mol. The van der Waals surface area contributed by atoms with Crippen molar-refractivity contribution in [3.8, 4) is 0 Å². The van der Waals surface area contributed by atoms with E-state index in [1.54, 1.807) is 17.0 Å². The van der Waals surface area contributed by atoms with Crippen LogP contribution in [0.4, 0.5) is 4.39 Å². The minimum atomic E-state index is -0.267. The molecule has 0 saturated heterocycles. The van der Waals surface area contributed by atoms with Gasteiger partial charge in [0.1, 0.15) is 5.82 Å². The zero-order valence-corrected chi connectivity index (χ0v) is 14.1. The maximum atomic E-state index is 12.9. The van der Waals surface area contributed by atoms with Crippen molar-refractivity contribution in [3.05, 3.63) is 35.6 Å². The first kappa shape index (κ1) is 19.1. The van der Waals surface area contributed by atoms with E-state index in [0.717, 1.165) is 24.8 Å². The number of carbonyl (C=O) groups is 2. The Hall–Kier alpha value is -1.91. The number of hydrogen-bond donors (Lipinski definition) is 1. The number of rotatable bonds is 10. The fourth-order valence-corrected chi connectivity index (χ4v) is 2.27. The van der Waals surface area contributed by atoms with E-state index < -0.39 is 0 Å². The lowest BCUT2D eigenvalue weighted by Crippen LogP contribution is -2.35. The molecule has 0 unspecified atom stereocenters. The van der Waals surface area contributed by atoms with Crippen LogP contribution in [-0.4, -0.2) is 36.3 Å². The number of unbranched alkanes of at least 4 members (excludes halogenated alkanes) is 2. The molecule has 0 aliphatic carbocycles. The number of hydrogen-bond acceptors (Lipinski definition) is 2. The van der Waals surface area contributed by atoms with Gasteiger partial charge in [-0.3, -0.25) is 9.59 Å². The van der Waals surface area contributed by atoms with E-state index in [1.807, 2.05) is 0 Å². The van der Waals surface area contributed by atoms with Crippen molar-refractivity contribution in [2.24, 2.45) is 0 Å². The largest absolute Gasteiger partial charge is 0.356 e. The van der Waals surface area contributed by atoms with Gasteiger partial charge in [0.25, 0.3) is 0 Å². The molecule has 2 amide bonds. The predicted molar refractivity (Wildman–Crippen MR) is 89.5 cm³/mol. The highest BCUT2D eigenvalue weighted by Crippen LogP contribution is 2.05. The van der Waals surface area contributed by atoms with E-state index in [9.17, 15) is 14.0 Å². The summed E-state index contributed by atoms with van der Waals surface area (Å²) in [6.07, 6.45) is 4.19. The Morgan fingerprint density at radius 3 is 2.43 bits per heavy atom. The summed E-state index contributed by atoms with van der Waals surface area (Å²) in [7, 11) is 0. The van der Waals surface area contributed by atoms with Crippen molar-refractivity contribution in [2.75, 3.05) is 19.6 Å². The summed E-state index contributed by atoms with van der Waals surface area (Å²) in [6.45, 7) is 5.26. The molecule has 5 heteroatoms. The molecular weight excluding hydrogens is 295 g/mol. The Morgan fingerprint density at radius 1 is 1.13 bits per heavy atom. The number of benzene rings is 1. The summed E-state index contributed by atoms with van der Waals surface area (Å²) in [5.41, 5.74) is 0.974. The van der Waals surface area contributed by atoms with Crippen LogP contribution < -0.4 is 5.32 Å². The Kier molecular flexibility index (Phi) is 8.95. The van der Waals surface area contributed by atoms with Crippen LogP contribution in [0.25, 0.3) is 0 Å². The van der Waals surface area contributed by atoms with Gasteiger partial charge in [0, 0.05) is 33.0 Å². The van der Waals surface area contributed by atoms with Crippen LogP contribution in [0.2, 0.25) is 0 Å². The van der Waals surface area contributed by atoms with Crippen LogP contribution in [0.15, 0.2) is 24.3 Å². The monoisotopic (exact) mass is 322 g/mol. The maximum absolute atomic E-state index is 12.9. The number of nitrogens with zero attached hydrogens (tertiary/aromatic N) is 1. The summed E-state index contributed by atoms with van der Waals surface area (Å²) in [5.74, 6) is -0.336. The van der Waals surface area contributed by atoms with Gasteiger partial charge in [-0.1, -0.05) is 31.9 Å². The van der Waals surface area contributed by atoms with E-state index in [1.165, 1.54) is 19.1 Å². The van der Waals surface area contributed by atoms with Gasteiger partial charge in [0.15, 0.2) is 0 Å². The summed E-state index contributed by atoms with van der Waals surface area (Å²) in [6, 6.07) is 6.26. The van der Waals surface area contributed by atoms with Crippen molar-refractivity contribution in [2.45, 2.75) is 46.0 Å². The second kappa shape index (κ2) is 10.8. The van der Waals surface area contributed by atoms with E-state index in [-0.39, 0.29) is 17.6 Å². The fourth-order valence-electron chi connectivity index (χ4n) is 2.27. The molecule has 0 spiro atoms. The summed E-state index contributed by atoms with van der Waals surface area (Å²) in [5, 5.41) is 2.87. The Labute approximate surface area is 138 Å². The van der Waals surface area contributed by atoms with Gasteiger partial charge >= 0.3 is 0 Å². The SMILES string of the molecule is CCCCCNC(=O)CCN(CCc1ccc(F)cc1)C(C)=O. The van der Waals surface area contributed by atoms with Crippen LogP contribution in [0.5, 0.6) is 0 Å². The van der Waals surface area contributed by atoms with Crippen molar-refractivity contribution in [3.63, 3.8) is 0 Å². The maximum Gasteiger partial charge on any atom is 0.221 e. The normalized spacial score (nSPS) is 10.4. The first-order valence-corrected chi connectivity index (χ1v) is 8.29. The molecule has 1 N–H and O–H groups in total. The highest BCUT2D eigenvalue weighted by Gasteiger charge is 2.11. The van der Waals surface area contributed by atoms with Crippen LogP contribution in [-0.2, 0) is 16.0 Å². The van der Waals surface area contributed by atoms with Crippen LogP contribution in [0.3, 0.4) is 0 Å². The smallest absolute Gasteiger partial charge is 0.221 e. The Balaban J connectivity index is 2.33. The summed E-state index contributed by atoms with van der Waals surface area (Å²) < 4.78 is 12.9. The van der Waals surface area contributed by atoms with Crippen molar-refractivity contribution in [1.82, 2.24) is 10.2 Å². The van der Waals surface area contributed by atoms with Crippen molar-refractivity contribution < 1.29 is 14.0 Å². The van der Waals surface area contributed by atoms with Gasteiger partial charge in [-0.2, -0.15) is 0 Å². The van der Waals surface area contributed by atoms with Crippen LogP contribution >= 0.6 is 0 Å². The lowest BCUT2D eigenvalue weighted by molar-refractivity contribution is -0.129. The summed E-state index contributed by atoms with van der Waals surface area (Å²) in [4.78, 5) is 25.1. The van der Waals surface area contributed by atoms with Gasteiger partial charge in [-0.05, 0) is 30.5 Å². The Morgan fingerprint density at radius 2 is 1.83 bits per heavy atom. The van der Waals surface area contributed by atoms with Crippen molar-refractivity contribution >= 4 is 11.8 Å². The van der Waals surface area contributed by atoms with E-state index in [2.05, 4.69) is 12.2 Å². The fraction of sp³-hybridized carbons (Fsp3) is 0.556. The van der Waals surface area contributed by atoms with E-state index in [0.29, 0.717) is 32.5 Å². The molecule has 0 atom stereocenters. The Bertz CT molecular complexity index is 488. The quantitative estimate of drug-likeness (QED) is 0.673. The van der Waals surface area contributed by atoms with Gasteiger partial charge in [0.2, 0.25) is 11.8 Å². The first-order valence-electron chi connectivity index (χ1n) is 8.29. The number of nitrogens with one attached hydrogen (secondary N) is 1. The van der Waals surface area contributed by atoms with Gasteiger partial charge in [-0.25, -0.2) is 4.39 Å². The predicted octanol–water partition coefficient (Wildman–Crippen LogP) is 2.91. The molecule has 0 saturated carbocycles. The third-order valence-corrected chi connectivity index (χ3v) is 3.74. The zero-order valence-electron chi connectivity index (χ0n) is 14.1. The minimum absolute atomic E-state index is 0.0193. The standard InChI is InChI=1S/C18H27FN2O2/c1-3-4-5-12-20-18(23)11-14-21(15(2)22)13-10-16-6-8-17(19)9-7-16/h6-9H,3-5,10-14H2,1-2H3,(H,20,23). The molecule has 1 aromatic rings. The minimum Gasteiger partial charge on any atom is -0.356 e. The lowest BCUT2D eigenvalue weighted by atomic mass is 10.1. The third-order valence-electron chi connectivity index (χ3n) is 3.74. The zero-order chi connectivity index (χ0) is 17.1. The second-order valence-electron chi connectivity index (χ2n) is 5.69. The molecule has 0 heterocycles. The summed E-state index contributed by atoms with van der Waals surface area (Å²) >= 11 is 0. The topological polar surface area (TPSA) is 49.4 Å². The third kappa shape index (κ3) is 8.33. The molecule has 0 bridgehead atoms. The molecule has 1 rings (SSSR count). The number of amides is 2. The molecule has 0 aliphatic heterocycles. The molecule has 0 fully saturated rings. The van der Waals surface area contributed by atoms with Crippen LogP contribution in [0.1, 0.15) is 45.1 Å². The van der Waals surface area contributed by atoms with Gasteiger partial charge in [0.05, 0.1) is 0 Å². The molecular formula is C18H27FN2O2. The van der Waals surface area contributed by atoms with E-state index >= 15 is 0 Å². The highest BCUT2D eigenvalue weighted by molar-refractivity contribution is 5.77. The average Bonchev–Trinajstić information content (AvgIpc) is 2.53. The van der Waals surface area contributed by atoms with E-state index in [4.69, 9.17) is 0 Å². The molecule has 23 heavy (non-hydrogen) atoms.